The second-order valence-electron chi connectivity index (χ2n) is 10.0. The Morgan fingerprint density at radius 3 is 3.00 bits per heavy atom. The minimum absolute atomic E-state index is 0.104. The summed E-state index contributed by atoms with van der Waals surface area (Å²) in [5.41, 5.74) is 5.50. The van der Waals surface area contributed by atoms with E-state index in [2.05, 4.69) is 34.7 Å². The molecule has 1 aliphatic heterocycles. The van der Waals surface area contributed by atoms with Gasteiger partial charge in [0.1, 0.15) is 4.90 Å². The number of urea groups is 1. The lowest BCUT2D eigenvalue weighted by molar-refractivity contribution is 0.0972. The van der Waals surface area contributed by atoms with Crippen molar-refractivity contribution in [1.29, 1.82) is 0 Å². The van der Waals surface area contributed by atoms with Crippen LogP contribution in [0.3, 0.4) is 0 Å². The van der Waals surface area contributed by atoms with Crippen molar-refractivity contribution in [3.63, 3.8) is 0 Å². The summed E-state index contributed by atoms with van der Waals surface area (Å²) in [6.07, 6.45) is 6.29. The average Bonchev–Trinajstić information content (AvgIpc) is 3.45. The lowest BCUT2D eigenvalue weighted by Gasteiger charge is -2.30. The molecule has 0 spiro atoms. The van der Waals surface area contributed by atoms with E-state index in [9.17, 15) is 9.00 Å². The molecule has 3 N–H and O–H groups in total. The van der Waals surface area contributed by atoms with E-state index in [1.165, 1.54) is 17.3 Å². The first-order valence-electron chi connectivity index (χ1n) is 11.4. The number of ether oxygens (including phenoxy) is 2. The average molecular weight is 474 g/mol. The summed E-state index contributed by atoms with van der Waals surface area (Å²) in [6, 6.07) is 1.56. The number of nitrogens with two attached hydrogens (primary N) is 1. The largest absolute Gasteiger partial charge is 0.476 e. The van der Waals surface area contributed by atoms with Gasteiger partial charge >= 0.3 is 6.03 Å². The van der Waals surface area contributed by atoms with Crippen molar-refractivity contribution < 1.29 is 18.5 Å². The molecule has 2 amide bonds. The van der Waals surface area contributed by atoms with E-state index in [0.717, 1.165) is 48.9 Å². The van der Waals surface area contributed by atoms with Gasteiger partial charge in [0.2, 0.25) is 5.88 Å². The number of anilines is 1. The van der Waals surface area contributed by atoms with Crippen LogP contribution in [0.15, 0.2) is 21.5 Å². The Labute approximate surface area is 194 Å². The van der Waals surface area contributed by atoms with Crippen molar-refractivity contribution >= 4 is 21.6 Å². The highest BCUT2D eigenvalue weighted by molar-refractivity contribution is 7.91. The van der Waals surface area contributed by atoms with Crippen molar-refractivity contribution in [2.45, 2.75) is 63.3 Å². The number of amides is 2. The first kappa shape index (κ1) is 22.4. The number of rotatable bonds is 4. The Morgan fingerprint density at radius 2 is 2.21 bits per heavy atom. The zero-order chi connectivity index (χ0) is 23.4. The fourth-order valence-corrected chi connectivity index (χ4v) is 6.32. The number of benzene rings is 1. The van der Waals surface area contributed by atoms with Gasteiger partial charge in [-0.1, -0.05) is 19.9 Å². The first-order valence-corrected chi connectivity index (χ1v) is 13.0. The highest BCUT2D eigenvalue weighted by Crippen LogP contribution is 2.44. The number of fused-ring (bicyclic) bond motifs is 3. The van der Waals surface area contributed by atoms with E-state index in [0.29, 0.717) is 25.6 Å². The molecule has 1 aromatic heterocycles. The number of hydrogen-bond donors (Lipinski definition) is 2. The quantitative estimate of drug-likeness (QED) is 0.705. The number of carbonyl (C=O) groups is 1. The summed E-state index contributed by atoms with van der Waals surface area (Å²) in [4.78, 5) is 13.2. The highest BCUT2D eigenvalue weighted by atomic mass is 32.2. The van der Waals surface area contributed by atoms with Crippen LogP contribution in [0.1, 0.15) is 54.9 Å². The van der Waals surface area contributed by atoms with E-state index in [1.807, 2.05) is 0 Å². The third kappa shape index (κ3) is 4.04. The molecule has 0 saturated heterocycles. The molecule has 0 saturated carbocycles. The number of aromatic nitrogens is 2. The van der Waals surface area contributed by atoms with Crippen LogP contribution < -0.4 is 15.2 Å². The smallest absolute Gasteiger partial charge is 0.354 e. The third-order valence-corrected chi connectivity index (χ3v) is 8.11. The number of carbonyl (C=O) groups excluding carboxylic acids is 1. The van der Waals surface area contributed by atoms with Gasteiger partial charge in [0, 0.05) is 24.1 Å². The van der Waals surface area contributed by atoms with Crippen molar-refractivity contribution in [3.8, 4) is 5.88 Å². The zero-order valence-electron chi connectivity index (χ0n) is 19.3. The molecule has 0 radical (unpaired) electrons. The number of nitrogens with zero attached hydrogens (tertiary/aromatic N) is 3. The zero-order valence-corrected chi connectivity index (χ0v) is 20.2. The topological polar surface area (TPSA) is 121 Å². The molecule has 0 unspecified atom stereocenters. The molecule has 2 aromatic rings. The van der Waals surface area contributed by atoms with Crippen LogP contribution in [-0.2, 0) is 40.5 Å². The summed E-state index contributed by atoms with van der Waals surface area (Å²) in [6.45, 7) is 5.75. The Balaban J connectivity index is 1.48. The Kier molecular flexibility index (Phi) is 5.49. The van der Waals surface area contributed by atoms with Gasteiger partial charge in [0.15, 0.2) is 9.92 Å². The van der Waals surface area contributed by atoms with Crippen molar-refractivity contribution in [2.75, 3.05) is 25.6 Å². The number of aryl methyl sites for hydroxylation is 2. The van der Waals surface area contributed by atoms with Gasteiger partial charge < -0.3 is 14.8 Å². The predicted octanol–water partition coefficient (Wildman–Crippen LogP) is 3.40. The lowest BCUT2D eigenvalue weighted by Crippen LogP contribution is -2.33. The van der Waals surface area contributed by atoms with Crippen LogP contribution in [-0.4, -0.2) is 40.3 Å². The maximum atomic E-state index is 13.3. The lowest BCUT2D eigenvalue weighted by atomic mass is 9.94. The second kappa shape index (κ2) is 8.11. The SMILES string of the molecule is COC[C@H]1CCc2cc3c(c(NC(=O)N=[S@](N)(=O)c4cnn5c4OCC(C)(C)C5)c21)CCC3. The van der Waals surface area contributed by atoms with Crippen molar-refractivity contribution in [2.24, 2.45) is 14.9 Å². The van der Waals surface area contributed by atoms with Crippen molar-refractivity contribution in [3.05, 3.63) is 34.5 Å². The molecular formula is C23H31N5O4S. The maximum absolute atomic E-state index is 13.3. The number of hydrogen-bond acceptors (Lipinski definition) is 5. The second-order valence-corrected chi connectivity index (χ2v) is 11.8. The number of methoxy groups -OCH3 is 1. The molecule has 2 atom stereocenters. The van der Waals surface area contributed by atoms with Gasteiger partial charge in [-0.25, -0.2) is 18.8 Å². The van der Waals surface area contributed by atoms with Crippen LogP contribution in [0.2, 0.25) is 0 Å². The fourth-order valence-electron chi connectivity index (χ4n) is 5.31. The van der Waals surface area contributed by atoms with Gasteiger partial charge in [-0.2, -0.15) is 5.10 Å². The van der Waals surface area contributed by atoms with Crippen molar-refractivity contribution in [1.82, 2.24) is 9.78 Å². The Hall–Kier alpha value is -2.43. The Bertz CT molecular complexity index is 1240. The summed E-state index contributed by atoms with van der Waals surface area (Å²) in [5, 5.41) is 13.3. The molecule has 33 heavy (non-hydrogen) atoms. The Morgan fingerprint density at radius 1 is 1.39 bits per heavy atom. The molecule has 9 nitrogen and oxygen atoms in total. The molecule has 0 bridgehead atoms. The molecular weight excluding hydrogens is 442 g/mol. The molecule has 0 fully saturated rings. The van der Waals surface area contributed by atoms with Gasteiger partial charge in [-0.05, 0) is 54.4 Å². The van der Waals surface area contributed by atoms with Crippen LogP contribution in [0.25, 0.3) is 0 Å². The van der Waals surface area contributed by atoms with Gasteiger partial charge in [-0.3, -0.25) is 0 Å². The summed E-state index contributed by atoms with van der Waals surface area (Å²) >= 11 is 0. The van der Waals surface area contributed by atoms with E-state index < -0.39 is 15.9 Å². The van der Waals surface area contributed by atoms with E-state index >= 15 is 0 Å². The predicted molar refractivity (Wildman–Crippen MR) is 125 cm³/mol. The molecule has 10 heteroatoms. The fraction of sp³-hybridized carbons (Fsp3) is 0.565. The van der Waals surface area contributed by atoms with Crippen LogP contribution in [0, 0.1) is 5.41 Å². The third-order valence-electron chi connectivity index (χ3n) is 6.77. The van der Waals surface area contributed by atoms with Gasteiger partial charge in [0.05, 0.1) is 26.0 Å². The van der Waals surface area contributed by atoms with E-state index in [1.54, 1.807) is 11.8 Å². The maximum Gasteiger partial charge on any atom is 0.354 e. The van der Waals surface area contributed by atoms with Crippen LogP contribution >= 0.6 is 0 Å². The summed E-state index contributed by atoms with van der Waals surface area (Å²) in [5.74, 6) is 0.535. The van der Waals surface area contributed by atoms with Crippen LogP contribution in [0.5, 0.6) is 5.88 Å². The molecule has 2 aliphatic carbocycles. The van der Waals surface area contributed by atoms with Gasteiger partial charge in [-0.15, -0.1) is 4.36 Å². The first-order chi connectivity index (χ1) is 15.7. The number of nitrogens with one attached hydrogen (secondary N) is 1. The monoisotopic (exact) mass is 473 g/mol. The standard InChI is InChI=1S/C23H31N5O4S/c1-23(2)12-28-21(32-13-23)18(10-25-28)33(24,30)27-22(29)26-20-17-6-4-5-14(17)9-15-7-8-16(11-31-3)19(15)20/h9-10,16H,4-8,11-13H2,1-3H3,(H3,24,26,27,29,30)/t16-,33+/m1/s1. The molecule has 1 aromatic carbocycles. The highest BCUT2D eigenvalue weighted by Gasteiger charge is 2.33. The normalized spacial score (nSPS) is 22.0. The molecule has 2 heterocycles. The van der Waals surface area contributed by atoms with Crippen LogP contribution in [0.4, 0.5) is 10.5 Å². The molecule has 178 valence electrons. The van der Waals surface area contributed by atoms with E-state index in [-0.39, 0.29) is 16.2 Å². The van der Waals surface area contributed by atoms with E-state index in [4.69, 9.17) is 14.6 Å². The molecule has 5 rings (SSSR count). The minimum atomic E-state index is -3.54. The minimum Gasteiger partial charge on any atom is -0.476 e. The van der Waals surface area contributed by atoms with Gasteiger partial charge in [0.25, 0.3) is 0 Å². The molecule has 3 aliphatic rings. The summed E-state index contributed by atoms with van der Waals surface area (Å²) < 4.78 is 30.1. The summed E-state index contributed by atoms with van der Waals surface area (Å²) in [7, 11) is -1.84.